The highest BCUT2D eigenvalue weighted by Gasteiger charge is 2.15. The molecule has 20 heavy (non-hydrogen) atoms. The topological polar surface area (TPSA) is 85.1 Å². The molecule has 0 bridgehead atoms. The number of sulfonamides is 1. The van der Waals surface area contributed by atoms with E-state index in [1.165, 1.54) is 23.5 Å². The minimum Gasteiger partial charge on any atom is -0.320 e. The van der Waals surface area contributed by atoms with Crippen LogP contribution in [-0.4, -0.2) is 19.9 Å². The quantitative estimate of drug-likeness (QED) is 0.843. The molecule has 0 radical (unpaired) electrons. The van der Waals surface area contributed by atoms with E-state index in [0.717, 1.165) is 10.4 Å². The summed E-state index contributed by atoms with van der Waals surface area (Å²) in [6.45, 7) is 2.13. The molecular formula is C13H13N3O2S2. The first kappa shape index (κ1) is 14.5. The fraction of sp³-hybridized carbons (Fsp3) is 0.154. The van der Waals surface area contributed by atoms with E-state index in [1.54, 1.807) is 18.3 Å². The normalized spacial score (nSPS) is 10.7. The highest BCUT2D eigenvalue weighted by Crippen LogP contribution is 2.21. The zero-order valence-corrected chi connectivity index (χ0v) is 12.4. The zero-order chi connectivity index (χ0) is 14.6. The molecule has 7 heteroatoms. The van der Waals surface area contributed by atoms with Crippen LogP contribution in [0.25, 0.3) is 0 Å². The summed E-state index contributed by atoms with van der Waals surface area (Å²) in [7, 11) is -3.61. The number of thiazole rings is 1. The maximum atomic E-state index is 12.1. The number of nitrogens with two attached hydrogens (primary N) is 1. The fourth-order valence-corrected chi connectivity index (χ4v) is 3.35. The molecule has 0 unspecified atom stereocenters. The fourth-order valence-electron chi connectivity index (χ4n) is 1.45. The summed E-state index contributed by atoms with van der Waals surface area (Å²) < 4.78 is 26.7. The number of hydrogen-bond donors (Lipinski definition) is 2. The van der Waals surface area contributed by atoms with Crippen LogP contribution in [0.5, 0.6) is 0 Å². The number of rotatable bonds is 3. The third kappa shape index (κ3) is 3.57. The van der Waals surface area contributed by atoms with Crippen molar-refractivity contribution in [3.63, 3.8) is 0 Å². The molecule has 0 spiro atoms. The van der Waals surface area contributed by atoms with Crippen molar-refractivity contribution in [3.05, 3.63) is 40.9 Å². The number of anilines is 1. The highest BCUT2D eigenvalue weighted by atomic mass is 32.2. The molecule has 5 nitrogen and oxygen atoms in total. The van der Waals surface area contributed by atoms with E-state index in [1.807, 2.05) is 6.92 Å². The maximum absolute atomic E-state index is 12.1. The van der Waals surface area contributed by atoms with Gasteiger partial charge in [0.25, 0.3) is 10.0 Å². The van der Waals surface area contributed by atoms with Gasteiger partial charge < -0.3 is 5.73 Å². The molecule has 3 N–H and O–H groups in total. The molecule has 1 heterocycles. The molecule has 104 valence electrons. The lowest BCUT2D eigenvalue weighted by Crippen LogP contribution is -2.12. The zero-order valence-electron chi connectivity index (χ0n) is 10.8. The Balaban J connectivity index is 2.21. The first-order chi connectivity index (χ1) is 9.51. The Bertz CT molecular complexity index is 753. The SMILES string of the molecule is Cc1cnc(NS(=O)(=O)c2ccc(C#CCN)cc2)s1. The Morgan fingerprint density at radius 2 is 2.05 bits per heavy atom. The van der Waals surface area contributed by atoms with Crippen LogP contribution in [-0.2, 0) is 10.0 Å². The summed E-state index contributed by atoms with van der Waals surface area (Å²) in [5.74, 6) is 5.55. The predicted molar refractivity (Wildman–Crippen MR) is 80.0 cm³/mol. The lowest BCUT2D eigenvalue weighted by Gasteiger charge is -2.04. The third-order valence-electron chi connectivity index (χ3n) is 2.34. The molecule has 2 rings (SSSR count). The van der Waals surface area contributed by atoms with E-state index >= 15 is 0 Å². The van der Waals surface area contributed by atoms with Gasteiger partial charge in [0.2, 0.25) is 0 Å². The van der Waals surface area contributed by atoms with Crippen molar-refractivity contribution in [1.29, 1.82) is 0 Å². The lowest BCUT2D eigenvalue weighted by molar-refractivity contribution is 0.601. The molecule has 1 aromatic heterocycles. The molecule has 0 aliphatic carbocycles. The maximum Gasteiger partial charge on any atom is 0.263 e. The largest absolute Gasteiger partial charge is 0.320 e. The van der Waals surface area contributed by atoms with E-state index in [-0.39, 0.29) is 11.4 Å². The molecule has 0 aliphatic heterocycles. The lowest BCUT2D eigenvalue weighted by atomic mass is 10.2. The second-order valence-corrected chi connectivity index (χ2v) is 6.83. The van der Waals surface area contributed by atoms with E-state index in [9.17, 15) is 8.42 Å². The molecule has 2 aromatic rings. The molecule has 0 atom stereocenters. The van der Waals surface area contributed by atoms with Crippen molar-refractivity contribution in [3.8, 4) is 11.8 Å². The summed E-state index contributed by atoms with van der Waals surface area (Å²) in [5.41, 5.74) is 6.00. The Hall–Kier alpha value is -1.88. The van der Waals surface area contributed by atoms with Gasteiger partial charge in [-0.2, -0.15) is 0 Å². The van der Waals surface area contributed by atoms with Crippen molar-refractivity contribution < 1.29 is 8.42 Å². The van der Waals surface area contributed by atoms with Crippen LogP contribution in [0, 0.1) is 18.8 Å². The first-order valence-corrected chi connectivity index (χ1v) is 8.05. The van der Waals surface area contributed by atoms with Crippen LogP contribution >= 0.6 is 11.3 Å². The third-order valence-corrected chi connectivity index (χ3v) is 4.65. The Morgan fingerprint density at radius 1 is 1.35 bits per heavy atom. The van der Waals surface area contributed by atoms with Gasteiger partial charge in [-0.25, -0.2) is 13.4 Å². The van der Waals surface area contributed by atoms with Crippen LogP contribution in [0.15, 0.2) is 35.4 Å². The monoisotopic (exact) mass is 307 g/mol. The van der Waals surface area contributed by atoms with Gasteiger partial charge in [0, 0.05) is 16.6 Å². The van der Waals surface area contributed by atoms with Gasteiger partial charge in [-0.15, -0.1) is 11.3 Å². The Morgan fingerprint density at radius 3 is 2.60 bits per heavy atom. The molecular weight excluding hydrogens is 294 g/mol. The van der Waals surface area contributed by atoms with Crippen LogP contribution in [0.2, 0.25) is 0 Å². The molecule has 1 aromatic carbocycles. The van der Waals surface area contributed by atoms with Gasteiger partial charge >= 0.3 is 0 Å². The van der Waals surface area contributed by atoms with Gasteiger partial charge in [0.15, 0.2) is 5.13 Å². The molecule has 0 saturated heterocycles. The summed E-state index contributed by atoms with van der Waals surface area (Å²) in [6.07, 6.45) is 1.62. The van der Waals surface area contributed by atoms with Crippen LogP contribution < -0.4 is 10.5 Å². The number of benzene rings is 1. The van der Waals surface area contributed by atoms with Crippen molar-refractivity contribution in [2.24, 2.45) is 5.73 Å². The van der Waals surface area contributed by atoms with Crippen molar-refractivity contribution in [2.75, 3.05) is 11.3 Å². The molecule has 0 amide bonds. The number of nitrogens with zero attached hydrogens (tertiary/aromatic N) is 1. The van der Waals surface area contributed by atoms with Gasteiger partial charge in [0.05, 0.1) is 11.4 Å². The van der Waals surface area contributed by atoms with Crippen molar-refractivity contribution >= 4 is 26.5 Å². The number of aryl methyl sites for hydroxylation is 1. The van der Waals surface area contributed by atoms with E-state index < -0.39 is 10.0 Å². The molecule has 0 aliphatic rings. The molecule has 0 saturated carbocycles. The van der Waals surface area contributed by atoms with Gasteiger partial charge in [0.1, 0.15) is 0 Å². The summed E-state index contributed by atoms with van der Waals surface area (Å²) in [6, 6.07) is 6.29. The van der Waals surface area contributed by atoms with Crippen molar-refractivity contribution in [2.45, 2.75) is 11.8 Å². The number of aromatic nitrogens is 1. The van der Waals surface area contributed by atoms with E-state index in [2.05, 4.69) is 21.5 Å². The summed E-state index contributed by atoms with van der Waals surface area (Å²) in [4.78, 5) is 5.09. The van der Waals surface area contributed by atoms with Crippen LogP contribution in [0.3, 0.4) is 0 Å². The van der Waals surface area contributed by atoms with Gasteiger partial charge in [-0.05, 0) is 31.2 Å². The van der Waals surface area contributed by atoms with E-state index in [0.29, 0.717) is 5.13 Å². The summed E-state index contributed by atoms with van der Waals surface area (Å²) in [5, 5.41) is 0.356. The Kier molecular flexibility index (Phi) is 4.39. The Labute approximate surface area is 121 Å². The standard InChI is InChI=1S/C13H13N3O2S2/c1-10-9-15-13(19-10)16-20(17,18)12-6-4-11(5-7-12)3-2-8-14/h4-7,9H,8,14H2,1H3,(H,15,16). The molecule has 0 fully saturated rings. The second-order valence-electron chi connectivity index (χ2n) is 3.91. The van der Waals surface area contributed by atoms with Crippen LogP contribution in [0.4, 0.5) is 5.13 Å². The smallest absolute Gasteiger partial charge is 0.263 e. The summed E-state index contributed by atoms with van der Waals surface area (Å²) >= 11 is 1.29. The average Bonchev–Trinajstić information content (AvgIpc) is 2.81. The van der Waals surface area contributed by atoms with Crippen LogP contribution in [0.1, 0.15) is 10.4 Å². The minimum absolute atomic E-state index is 0.170. The van der Waals surface area contributed by atoms with E-state index in [4.69, 9.17) is 5.73 Å². The second kappa shape index (κ2) is 6.05. The minimum atomic E-state index is -3.61. The van der Waals surface area contributed by atoms with Gasteiger partial charge in [-0.3, -0.25) is 4.72 Å². The predicted octanol–water partition coefficient (Wildman–Crippen LogP) is 1.56. The first-order valence-electron chi connectivity index (χ1n) is 5.75. The number of hydrogen-bond acceptors (Lipinski definition) is 5. The highest BCUT2D eigenvalue weighted by molar-refractivity contribution is 7.93. The van der Waals surface area contributed by atoms with Gasteiger partial charge in [-0.1, -0.05) is 11.8 Å². The average molecular weight is 307 g/mol. The number of nitrogens with one attached hydrogen (secondary N) is 1. The van der Waals surface area contributed by atoms with Crippen molar-refractivity contribution in [1.82, 2.24) is 4.98 Å².